The Bertz CT molecular complexity index is 416. The number of hydrogen-bond donors (Lipinski definition) is 1. The van der Waals surface area contributed by atoms with Crippen LogP contribution in [0.2, 0.25) is 0 Å². The van der Waals surface area contributed by atoms with E-state index in [1.165, 1.54) is 0 Å². The molecule has 100 valence electrons. The summed E-state index contributed by atoms with van der Waals surface area (Å²) in [5.74, 6) is 0.0728. The molecule has 0 heterocycles. The maximum absolute atomic E-state index is 10.6. The first-order valence-corrected chi connectivity index (χ1v) is 6.05. The quantitative estimate of drug-likeness (QED) is 0.843. The minimum absolute atomic E-state index is 0.0449. The molecule has 0 atom stereocenters. The van der Waals surface area contributed by atoms with Gasteiger partial charge in [-0.1, -0.05) is 12.1 Å². The second-order valence-corrected chi connectivity index (χ2v) is 4.83. The minimum Gasteiger partial charge on any atom is -0.491 e. The van der Waals surface area contributed by atoms with Crippen molar-refractivity contribution in [3.63, 3.8) is 0 Å². The summed E-state index contributed by atoms with van der Waals surface area (Å²) in [6.07, 6.45) is 0.157. The predicted molar refractivity (Wildman–Crippen MR) is 70.9 cm³/mol. The Labute approximate surface area is 108 Å². The second kappa shape index (κ2) is 6.40. The van der Waals surface area contributed by atoms with Crippen molar-refractivity contribution >= 4 is 5.97 Å². The van der Waals surface area contributed by atoms with Crippen molar-refractivity contribution < 1.29 is 14.6 Å². The van der Waals surface area contributed by atoms with Crippen molar-refractivity contribution in [3.8, 4) is 5.75 Å². The van der Waals surface area contributed by atoms with Crippen LogP contribution in [0.5, 0.6) is 5.75 Å². The highest BCUT2D eigenvalue weighted by atomic mass is 16.5. The van der Waals surface area contributed by atoms with E-state index in [1.54, 1.807) is 11.9 Å². The van der Waals surface area contributed by atoms with Crippen LogP contribution in [0.15, 0.2) is 18.2 Å². The van der Waals surface area contributed by atoms with Crippen molar-refractivity contribution in [2.75, 3.05) is 13.6 Å². The highest BCUT2D eigenvalue weighted by Gasteiger charge is 2.07. The Kier molecular flexibility index (Phi) is 5.16. The van der Waals surface area contributed by atoms with Crippen molar-refractivity contribution in [3.05, 3.63) is 29.3 Å². The number of ether oxygens (including phenoxy) is 1. The van der Waals surface area contributed by atoms with Crippen LogP contribution in [-0.2, 0) is 11.3 Å². The molecule has 0 aromatic heterocycles. The standard InChI is InChI=1S/C14H21NO3/c1-10(2)18-13-6-5-12(7-11(13)3)8-15(4)9-14(16)17/h5-7,10H,8-9H2,1-4H3,(H,16,17). The lowest BCUT2D eigenvalue weighted by Gasteiger charge is -2.16. The van der Waals surface area contributed by atoms with Gasteiger partial charge in [0.2, 0.25) is 0 Å². The number of carbonyl (C=O) groups is 1. The largest absolute Gasteiger partial charge is 0.491 e. The molecule has 0 aliphatic rings. The number of carboxylic acids is 1. The average molecular weight is 251 g/mol. The lowest BCUT2D eigenvalue weighted by molar-refractivity contribution is -0.138. The summed E-state index contributed by atoms with van der Waals surface area (Å²) >= 11 is 0. The van der Waals surface area contributed by atoms with Crippen LogP contribution < -0.4 is 4.74 Å². The predicted octanol–water partition coefficient (Wildman–Crippen LogP) is 2.30. The Hall–Kier alpha value is -1.55. The molecular formula is C14H21NO3. The molecule has 0 aliphatic heterocycles. The molecule has 1 N–H and O–H groups in total. The second-order valence-electron chi connectivity index (χ2n) is 4.83. The van der Waals surface area contributed by atoms with Gasteiger partial charge >= 0.3 is 5.97 Å². The summed E-state index contributed by atoms with van der Waals surface area (Å²) in [4.78, 5) is 12.3. The van der Waals surface area contributed by atoms with Gasteiger partial charge in [-0.15, -0.1) is 0 Å². The zero-order chi connectivity index (χ0) is 13.7. The topological polar surface area (TPSA) is 49.8 Å². The third-order valence-electron chi connectivity index (χ3n) is 2.46. The summed E-state index contributed by atoms with van der Waals surface area (Å²) in [5.41, 5.74) is 2.16. The molecule has 18 heavy (non-hydrogen) atoms. The number of nitrogens with zero attached hydrogens (tertiary/aromatic N) is 1. The van der Waals surface area contributed by atoms with Gasteiger partial charge < -0.3 is 9.84 Å². The van der Waals surface area contributed by atoms with E-state index in [1.807, 2.05) is 39.0 Å². The lowest BCUT2D eigenvalue weighted by atomic mass is 10.1. The fourth-order valence-electron chi connectivity index (χ4n) is 1.79. The van der Waals surface area contributed by atoms with Gasteiger partial charge in [0.05, 0.1) is 12.6 Å². The van der Waals surface area contributed by atoms with E-state index < -0.39 is 5.97 Å². The third kappa shape index (κ3) is 4.75. The SMILES string of the molecule is Cc1cc(CN(C)CC(=O)O)ccc1OC(C)C. The van der Waals surface area contributed by atoms with E-state index >= 15 is 0 Å². The molecule has 0 spiro atoms. The molecule has 0 bridgehead atoms. The van der Waals surface area contributed by atoms with Crippen LogP contribution in [0.25, 0.3) is 0 Å². The van der Waals surface area contributed by atoms with Crippen molar-refractivity contribution in [1.29, 1.82) is 0 Å². The third-order valence-corrected chi connectivity index (χ3v) is 2.46. The van der Waals surface area contributed by atoms with E-state index in [4.69, 9.17) is 9.84 Å². The Balaban J connectivity index is 2.69. The lowest BCUT2D eigenvalue weighted by Crippen LogP contribution is -2.25. The monoisotopic (exact) mass is 251 g/mol. The molecule has 0 aliphatic carbocycles. The van der Waals surface area contributed by atoms with Gasteiger partial charge in [-0.05, 0) is 45.0 Å². The van der Waals surface area contributed by atoms with E-state index in [0.29, 0.717) is 6.54 Å². The van der Waals surface area contributed by atoms with E-state index in [0.717, 1.165) is 16.9 Å². The number of carboxylic acid groups (broad SMARTS) is 1. The van der Waals surface area contributed by atoms with Crippen LogP contribution in [0.1, 0.15) is 25.0 Å². The minimum atomic E-state index is -0.811. The van der Waals surface area contributed by atoms with Gasteiger partial charge in [-0.25, -0.2) is 0 Å². The Morgan fingerprint density at radius 1 is 1.44 bits per heavy atom. The molecule has 1 rings (SSSR count). The molecule has 0 fully saturated rings. The first-order chi connectivity index (χ1) is 8.38. The summed E-state index contributed by atoms with van der Waals surface area (Å²) in [6.45, 7) is 6.65. The molecule has 4 nitrogen and oxygen atoms in total. The first kappa shape index (κ1) is 14.5. The molecule has 0 radical (unpaired) electrons. The van der Waals surface area contributed by atoms with Gasteiger partial charge in [0.25, 0.3) is 0 Å². The van der Waals surface area contributed by atoms with Crippen molar-refractivity contribution in [2.24, 2.45) is 0 Å². The van der Waals surface area contributed by atoms with Crippen LogP contribution in [0.4, 0.5) is 0 Å². The number of aryl methyl sites for hydroxylation is 1. The molecule has 4 heteroatoms. The molecule has 0 saturated heterocycles. The number of likely N-dealkylation sites (N-methyl/N-ethyl adjacent to an activating group) is 1. The van der Waals surface area contributed by atoms with Crippen LogP contribution in [-0.4, -0.2) is 35.7 Å². The van der Waals surface area contributed by atoms with Crippen LogP contribution in [0, 0.1) is 6.92 Å². The van der Waals surface area contributed by atoms with Gasteiger partial charge in [0.1, 0.15) is 5.75 Å². The van der Waals surface area contributed by atoms with E-state index in [2.05, 4.69) is 0 Å². The number of rotatable bonds is 6. The van der Waals surface area contributed by atoms with Crippen molar-refractivity contribution in [2.45, 2.75) is 33.4 Å². The van der Waals surface area contributed by atoms with E-state index in [9.17, 15) is 4.79 Å². The maximum atomic E-state index is 10.6. The van der Waals surface area contributed by atoms with Gasteiger partial charge in [-0.2, -0.15) is 0 Å². The molecule has 0 unspecified atom stereocenters. The maximum Gasteiger partial charge on any atom is 0.317 e. The normalized spacial score (nSPS) is 11.0. The van der Waals surface area contributed by atoms with Gasteiger partial charge in [0.15, 0.2) is 0 Å². The highest BCUT2D eigenvalue weighted by molar-refractivity contribution is 5.69. The van der Waals surface area contributed by atoms with Crippen molar-refractivity contribution in [1.82, 2.24) is 4.90 Å². The summed E-state index contributed by atoms with van der Waals surface area (Å²) < 4.78 is 5.66. The Morgan fingerprint density at radius 3 is 2.61 bits per heavy atom. The number of aliphatic carboxylic acids is 1. The van der Waals surface area contributed by atoms with Crippen LogP contribution in [0.3, 0.4) is 0 Å². The fraction of sp³-hybridized carbons (Fsp3) is 0.500. The zero-order valence-electron chi connectivity index (χ0n) is 11.4. The van der Waals surface area contributed by atoms with Crippen LogP contribution >= 0.6 is 0 Å². The number of benzene rings is 1. The summed E-state index contributed by atoms with van der Waals surface area (Å²) in [7, 11) is 1.79. The molecule has 1 aromatic rings. The summed E-state index contributed by atoms with van der Waals surface area (Å²) in [5, 5.41) is 8.70. The zero-order valence-corrected chi connectivity index (χ0v) is 11.4. The van der Waals surface area contributed by atoms with E-state index in [-0.39, 0.29) is 12.6 Å². The molecule has 0 saturated carbocycles. The first-order valence-electron chi connectivity index (χ1n) is 6.05. The Morgan fingerprint density at radius 2 is 2.11 bits per heavy atom. The molecular weight excluding hydrogens is 230 g/mol. The highest BCUT2D eigenvalue weighted by Crippen LogP contribution is 2.21. The fourth-order valence-corrected chi connectivity index (χ4v) is 1.79. The summed E-state index contributed by atoms with van der Waals surface area (Å²) in [6, 6.07) is 5.96. The smallest absolute Gasteiger partial charge is 0.317 e. The average Bonchev–Trinajstić information content (AvgIpc) is 2.20. The van der Waals surface area contributed by atoms with Gasteiger partial charge in [0, 0.05) is 6.54 Å². The number of hydrogen-bond acceptors (Lipinski definition) is 3. The molecule has 1 aromatic carbocycles. The molecule has 0 amide bonds. The van der Waals surface area contributed by atoms with Gasteiger partial charge in [-0.3, -0.25) is 9.69 Å².